The predicted molar refractivity (Wildman–Crippen MR) is 41.9 cm³/mol. The first-order chi connectivity index (χ1) is 5.39. The molecule has 3 atom stereocenters. The van der Waals surface area contributed by atoms with Gasteiger partial charge in [-0.15, -0.1) is 0 Å². The van der Waals surface area contributed by atoms with Crippen LogP contribution >= 0.6 is 0 Å². The highest BCUT2D eigenvalue weighted by molar-refractivity contribution is 7.88. The zero-order valence-corrected chi connectivity index (χ0v) is 7.96. The summed E-state index contributed by atoms with van der Waals surface area (Å²) in [5.41, 5.74) is 0. The molecule has 0 amide bonds. The van der Waals surface area contributed by atoms with E-state index in [0.29, 0.717) is 0 Å². The van der Waals surface area contributed by atoms with Crippen molar-refractivity contribution < 1.29 is 17.9 Å². The Hall–Kier alpha value is -0.620. The Morgan fingerprint density at radius 1 is 1.50 bits per heavy atom. The van der Waals surface area contributed by atoms with Gasteiger partial charge in [0.05, 0.1) is 19.4 Å². The monoisotopic (exact) mass is 193 g/mol. The number of hydrogen-bond acceptors (Lipinski definition) is 4. The zero-order valence-electron chi connectivity index (χ0n) is 7.14. The fraction of sp³-hybridized carbons (Fsp3) is 0.833. The van der Waals surface area contributed by atoms with Gasteiger partial charge in [0.1, 0.15) is 6.04 Å². The molecule has 0 N–H and O–H groups in total. The van der Waals surface area contributed by atoms with Gasteiger partial charge < -0.3 is 4.74 Å². The van der Waals surface area contributed by atoms with Gasteiger partial charge in [-0.1, -0.05) is 0 Å². The number of ether oxygens (including phenoxy) is 1. The second kappa shape index (κ2) is 2.70. The molecule has 0 radical (unpaired) electrons. The highest BCUT2D eigenvalue weighted by atomic mass is 32.2. The molecule has 1 fully saturated rings. The second-order valence-electron chi connectivity index (χ2n) is 2.80. The van der Waals surface area contributed by atoms with Crippen LogP contribution in [0.5, 0.6) is 0 Å². The molecule has 0 spiro atoms. The summed E-state index contributed by atoms with van der Waals surface area (Å²) in [6.45, 7) is 1.67. The number of methoxy groups -OCH3 is 1. The molecule has 5 nitrogen and oxygen atoms in total. The molecule has 0 aromatic heterocycles. The predicted octanol–water partition coefficient (Wildman–Crippen LogP) is -0.808. The highest BCUT2D eigenvalue weighted by Gasteiger charge is 2.55. The lowest BCUT2D eigenvalue weighted by molar-refractivity contribution is -0.140. The average molecular weight is 193 g/mol. The molecule has 0 aromatic rings. The van der Waals surface area contributed by atoms with Crippen molar-refractivity contribution >= 4 is 16.0 Å². The molecule has 70 valence electrons. The molecule has 0 bridgehead atoms. The van der Waals surface area contributed by atoms with Crippen LogP contribution in [0, 0.1) is 0 Å². The van der Waals surface area contributed by atoms with Crippen molar-refractivity contribution in [2.45, 2.75) is 19.0 Å². The molecule has 6 heteroatoms. The number of nitrogens with zero attached hydrogens (tertiary/aromatic N) is 1. The molecule has 0 aromatic carbocycles. The van der Waals surface area contributed by atoms with Crippen molar-refractivity contribution in [2.24, 2.45) is 0 Å². The van der Waals surface area contributed by atoms with Crippen LogP contribution in [0.3, 0.4) is 0 Å². The van der Waals surface area contributed by atoms with Crippen LogP contribution in [-0.4, -0.2) is 44.1 Å². The first-order valence-corrected chi connectivity index (χ1v) is 5.30. The van der Waals surface area contributed by atoms with Crippen molar-refractivity contribution in [3.8, 4) is 0 Å². The number of sulfonamides is 1. The topological polar surface area (TPSA) is 63.5 Å². The Kier molecular flexibility index (Phi) is 2.13. The summed E-state index contributed by atoms with van der Waals surface area (Å²) in [5.74, 6) is -0.493. The largest absolute Gasteiger partial charge is 0.468 e. The summed E-state index contributed by atoms with van der Waals surface area (Å²) in [5, 5.41) is 0. The van der Waals surface area contributed by atoms with E-state index in [1.165, 1.54) is 7.11 Å². The highest BCUT2D eigenvalue weighted by Crippen LogP contribution is 2.31. The van der Waals surface area contributed by atoms with E-state index in [-0.39, 0.29) is 6.04 Å². The Labute approximate surface area is 71.4 Å². The molecular formula is C6H11NO4S. The standard InChI is InChI=1S/C6H11NO4S/c1-4-5(6(8)11-2)7(4)12(3,9)10/h4-5H,1-3H3/t4-,5-,7?/m0/s1. The fourth-order valence-corrected chi connectivity index (χ4v) is 2.59. The summed E-state index contributed by atoms with van der Waals surface area (Å²) in [6.07, 6.45) is 1.08. The van der Waals surface area contributed by atoms with Crippen LogP contribution in [0.2, 0.25) is 0 Å². The van der Waals surface area contributed by atoms with E-state index >= 15 is 0 Å². The number of carbonyl (C=O) groups excluding carboxylic acids is 1. The van der Waals surface area contributed by atoms with E-state index in [1.54, 1.807) is 6.92 Å². The maximum absolute atomic E-state index is 11.0. The van der Waals surface area contributed by atoms with Gasteiger partial charge in [-0.25, -0.2) is 8.42 Å². The minimum absolute atomic E-state index is 0.257. The lowest BCUT2D eigenvalue weighted by Crippen LogP contribution is -2.18. The molecule has 1 aliphatic heterocycles. The number of esters is 1. The van der Waals surface area contributed by atoms with E-state index < -0.39 is 22.0 Å². The Morgan fingerprint density at radius 2 is 2.00 bits per heavy atom. The van der Waals surface area contributed by atoms with Gasteiger partial charge in [0.2, 0.25) is 10.0 Å². The van der Waals surface area contributed by atoms with E-state index in [0.717, 1.165) is 10.6 Å². The Balaban J connectivity index is 2.73. The van der Waals surface area contributed by atoms with Gasteiger partial charge in [-0.2, -0.15) is 4.31 Å². The van der Waals surface area contributed by atoms with Gasteiger partial charge in [-0.3, -0.25) is 4.79 Å². The number of carbonyl (C=O) groups is 1. The smallest absolute Gasteiger partial charge is 0.325 e. The van der Waals surface area contributed by atoms with Gasteiger partial charge >= 0.3 is 5.97 Å². The lowest BCUT2D eigenvalue weighted by atomic mass is 10.3. The number of hydrogen-bond donors (Lipinski definition) is 0. The first-order valence-electron chi connectivity index (χ1n) is 3.46. The van der Waals surface area contributed by atoms with Crippen molar-refractivity contribution in [3.05, 3.63) is 0 Å². The van der Waals surface area contributed by atoms with Gasteiger partial charge in [0, 0.05) is 0 Å². The summed E-state index contributed by atoms with van der Waals surface area (Å²) in [6, 6.07) is -0.863. The summed E-state index contributed by atoms with van der Waals surface area (Å²) in [7, 11) is -2.01. The second-order valence-corrected chi connectivity index (χ2v) is 4.69. The molecule has 1 heterocycles. The molecule has 0 aliphatic carbocycles. The van der Waals surface area contributed by atoms with Crippen LogP contribution < -0.4 is 0 Å². The SMILES string of the molecule is COC(=O)[C@@H]1[C@H](C)N1S(C)(=O)=O. The van der Waals surface area contributed by atoms with E-state index in [4.69, 9.17) is 0 Å². The van der Waals surface area contributed by atoms with E-state index in [1.807, 2.05) is 0 Å². The normalized spacial score (nSPS) is 34.4. The molecule has 12 heavy (non-hydrogen) atoms. The Morgan fingerprint density at radius 3 is 2.25 bits per heavy atom. The number of rotatable bonds is 2. The average Bonchev–Trinajstić information content (AvgIpc) is 2.59. The maximum Gasteiger partial charge on any atom is 0.325 e. The van der Waals surface area contributed by atoms with Crippen LogP contribution in [0.1, 0.15) is 6.92 Å². The zero-order chi connectivity index (χ0) is 9.52. The molecule has 1 aliphatic rings. The van der Waals surface area contributed by atoms with Crippen LogP contribution in [0.25, 0.3) is 0 Å². The third-order valence-corrected chi connectivity index (χ3v) is 3.19. The third kappa shape index (κ3) is 1.44. The van der Waals surface area contributed by atoms with Gasteiger partial charge in [-0.05, 0) is 6.92 Å². The van der Waals surface area contributed by atoms with Crippen molar-refractivity contribution in [2.75, 3.05) is 13.4 Å². The summed E-state index contributed by atoms with van der Waals surface area (Å²) < 4.78 is 27.5. The van der Waals surface area contributed by atoms with Gasteiger partial charge in [0.25, 0.3) is 0 Å². The third-order valence-electron chi connectivity index (χ3n) is 1.87. The molecular weight excluding hydrogens is 182 g/mol. The summed E-state index contributed by atoms with van der Waals surface area (Å²) in [4.78, 5) is 10.9. The van der Waals surface area contributed by atoms with Gasteiger partial charge in [0.15, 0.2) is 0 Å². The summed E-state index contributed by atoms with van der Waals surface area (Å²) >= 11 is 0. The molecule has 1 saturated heterocycles. The first kappa shape index (κ1) is 9.47. The minimum Gasteiger partial charge on any atom is -0.468 e. The molecule has 0 saturated carbocycles. The van der Waals surface area contributed by atoms with Crippen molar-refractivity contribution in [1.29, 1.82) is 0 Å². The quantitative estimate of drug-likeness (QED) is 0.425. The Bertz CT molecular complexity index is 297. The van der Waals surface area contributed by atoms with Crippen LogP contribution in [0.4, 0.5) is 0 Å². The lowest BCUT2D eigenvalue weighted by Gasteiger charge is -1.97. The fourth-order valence-electron chi connectivity index (χ4n) is 1.25. The van der Waals surface area contributed by atoms with E-state index in [9.17, 15) is 13.2 Å². The van der Waals surface area contributed by atoms with Crippen LogP contribution in [0.15, 0.2) is 0 Å². The molecule has 1 unspecified atom stereocenters. The maximum atomic E-state index is 11.0. The van der Waals surface area contributed by atoms with Crippen LogP contribution in [-0.2, 0) is 19.6 Å². The van der Waals surface area contributed by atoms with Crippen molar-refractivity contribution in [1.82, 2.24) is 4.31 Å². The van der Waals surface area contributed by atoms with E-state index in [2.05, 4.69) is 4.74 Å². The molecule has 1 rings (SSSR count). The minimum atomic E-state index is -3.25. The van der Waals surface area contributed by atoms with Crippen molar-refractivity contribution in [3.63, 3.8) is 0 Å².